The third kappa shape index (κ3) is 3.35. The molecule has 9 heteroatoms. The van der Waals surface area contributed by atoms with E-state index >= 15 is 0 Å². The average molecular weight is 377 g/mol. The van der Waals surface area contributed by atoms with Gasteiger partial charge in [0.25, 0.3) is 5.69 Å². The van der Waals surface area contributed by atoms with Crippen LogP contribution >= 0.6 is 11.3 Å². The van der Waals surface area contributed by atoms with Crippen LogP contribution in [-0.2, 0) is 0 Å². The number of nitro benzene ring substituents is 1. The van der Waals surface area contributed by atoms with Crippen LogP contribution in [0.15, 0.2) is 59.4 Å². The molecule has 132 valence electrons. The lowest BCUT2D eigenvalue weighted by molar-refractivity contribution is -0.384. The fraction of sp³-hybridized carbons (Fsp3) is 0. The van der Waals surface area contributed by atoms with Gasteiger partial charge in [0.2, 0.25) is 4.96 Å². The molecule has 0 bridgehead atoms. The summed E-state index contributed by atoms with van der Waals surface area (Å²) in [6.07, 6.45) is 3.49. The topological polar surface area (TPSA) is 103 Å². The van der Waals surface area contributed by atoms with Crippen LogP contribution in [0.25, 0.3) is 28.4 Å². The molecular weight excluding hydrogens is 366 g/mol. The molecule has 0 N–H and O–H groups in total. The van der Waals surface area contributed by atoms with Crippen LogP contribution in [0.3, 0.4) is 0 Å². The molecule has 4 aromatic rings. The second-order valence-electron chi connectivity index (χ2n) is 5.54. The highest BCUT2D eigenvalue weighted by atomic mass is 32.1. The van der Waals surface area contributed by atoms with Crippen LogP contribution in [0, 0.1) is 10.1 Å². The molecule has 0 saturated heterocycles. The quantitative estimate of drug-likeness (QED) is 0.399. The van der Waals surface area contributed by atoms with E-state index in [-0.39, 0.29) is 16.9 Å². The number of nitro groups is 1. The van der Waals surface area contributed by atoms with E-state index in [9.17, 15) is 14.9 Å². The van der Waals surface area contributed by atoms with Gasteiger partial charge in [-0.15, -0.1) is 10.2 Å². The number of hydrogen-bond acceptors (Lipinski definition) is 7. The highest BCUT2D eigenvalue weighted by Gasteiger charge is 2.12. The van der Waals surface area contributed by atoms with Gasteiger partial charge in [-0.3, -0.25) is 14.9 Å². The highest BCUT2D eigenvalue weighted by Crippen LogP contribution is 2.18. The Balaban J connectivity index is 1.66. The first-order valence-electron chi connectivity index (χ1n) is 7.86. The molecule has 27 heavy (non-hydrogen) atoms. The lowest BCUT2D eigenvalue weighted by Gasteiger charge is -1.97. The second kappa shape index (κ2) is 6.89. The van der Waals surface area contributed by atoms with Crippen molar-refractivity contribution < 1.29 is 4.92 Å². The van der Waals surface area contributed by atoms with Crippen molar-refractivity contribution in [2.45, 2.75) is 0 Å². The van der Waals surface area contributed by atoms with Gasteiger partial charge in [-0.05, 0) is 23.8 Å². The summed E-state index contributed by atoms with van der Waals surface area (Å²) >= 11 is 1.23. The van der Waals surface area contributed by atoms with Gasteiger partial charge in [0, 0.05) is 17.7 Å². The molecule has 0 radical (unpaired) electrons. The molecular formula is C18H11N5O3S. The highest BCUT2D eigenvalue weighted by molar-refractivity contribution is 7.17. The maximum Gasteiger partial charge on any atom is 0.302 e. The number of hydrogen-bond donors (Lipinski definition) is 0. The molecule has 0 spiro atoms. The van der Waals surface area contributed by atoms with Crippen molar-refractivity contribution in [2.24, 2.45) is 0 Å². The zero-order chi connectivity index (χ0) is 18.8. The van der Waals surface area contributed by atoms with Gasteiger partial charge >= 0.3 is 5.56 Å². The normalized spacial score (nSPS) is 11.3. The number of nitrogens with zero attached hydrogens (tertiary/aromatic N) is 5. The smallest absolute Gasteiger partial charge is 0.265 e. The van der Waals surface area contributed by atoms with Crippen molar-refractivity contribution >= 4 is 34.1 Å². The first-order valence-corrected chi connectivity index (χ1v) is 8.68. The first-order chi connectivity index (χ1) is 13.1. The van der Waals surface area contributed by atoms with E-state index in [0.717, 1.165) is 5.56 Å². The largest absolute Gasteiger partial charge is 0.302 e. The standard InChI is InChI=1S/C18H11N5O3S/c24-17-16(13-4-2-1-3-5-13)19-20-18-22(17)21-15(27-18)11-8-12-6-9-14(10-7-12)23(25)26/h1-11H/b11-8+. The minimum atomic E-state index is -0.448. The SMILES string of the molecule is O=c1c(-c2ccccc2)nnc2sc(/C=C/c3ccc([N+](=O)[O-])cc3)nn12. The van der Waals surface area contributed by atoms with Gasteiger partial charge in [-0.1, -0.05) is 47.7 Å². The summed E-state index contributed by atoms with van der Waals surface area (Å²) in [5.74, 6) is 0. The minimum Gasteiger partial charge on any atom is -0.265 e. The molecule has 0 fully saturated rings. The van der Waals surface area contributed by atoms with E-state index in [1.807, 2.05) is 18.2 Å². The molecule has 0 unspecified atom stereocenters. The Bertz CT molecular complexity index is 1210. The Hall–Kier alpha value is -3.72. The van der Waals surface area contributed by atoms with Crippen LogP contribution in [0.5, 0.6) is 0 Å². The molecule has 2 aromatic carbocycles. The molecule has 0 aliphatic rings. The Morgan fingerprint density at radius 2 is 1.74 bits per heavy atom. The first kappa shape index (κ1) is 16.7. The minimum absolute atomic E-state index is 0.0300. The lowest BCUT2D eigenvalue weighted by Crippen LogP contribution is -2.19. The molecule has 0 aliphatic carbocycles. The zero-order valence-electron chi connectivity index (χ0n) is 13.7. The monoisotopic (exact) mass is 377 g/mol. The van der Waals surface area contributed by atoms with Gasteiger partial charge in [0.15, 0.2) is 5.69 Å². The Labute approximate surface area is 156 Å². The Morgan fingerprint density at radius 1 is 1.00 bits per heavy atom. The number of fused-ring (bicyclic) bond motifs is 1. The summed E-state index contributed by atoms with van der Waals surface area (Å²) in [4.78, 5) is 23.3. The second-order valence-corrected chi connectivity index (χ2v) is 6.52. The summed E-state index contributed by atoms with van der Waals surface area (Å²) in [5.41, 5.74) is 1.40. The molecule has 0 amide bonds. The molecule has 4 rings (SSSR count). The summed E-state index contributed by atoms with van der Waals surface area (Å²) in [5, 5.41) is 23.7. The predicted octanol–water partition coefficient (Wildman–Crippen LogP) is 3.29. The fourth-order valence-electron chi connectivity index (χ4n) is 2.45. The van der Waals surface area contributed by atoms with Crippen molar-refractivity contribution in [2.75, 3.05) is 0 Å². The van der Waals surface area contributed by atoms with Crippen molar-refractivity contribution in [1.82, 2.24) is 19.8 Å². The van der Waals surface area contributed by atoms with Gasteiger partial charge < -0.3 is 0 Å². The summed E-state index contributed by atoms with van der Waals surface area (Å²) < 4.78 is 1.23. The Kier molecular flexibility index (Phi) is 4.27. The van der Waals surface area contributed by atoms with Crippen LogP contribution in [0.4, 0.5) is 5.69 Å². The van der Waals surface area contributed by atoms with Crippen molar-refractivity contribution in [3.63, 3.8) is 0 Å². The van der Waals surface area contributed by atoms with Gasteiger partial charge in [-0.2, -0.15) is 9.61 Å². The molecule has 2 aromatic heterocycles. The van der Waals surface area contributed by atoms with E-state index in [2.05, 4.69) is 15.3 Å². The van der Waals surface area contributed by atoms with Crippen LogP contribution in [-0.4, -0.2) is 24.7 Å². The molecule has 0 aliphatic heterocycles. The average Bonchev–Trinajstić information content (AvgIpc) is 3.12. The zero-order valence-corrected chi connectivity index (χ0v) is 14.5. The predicted molar refractivity (Wildman–Crippen MR) is 102 cm³/mol. The summed E-state index contributed by atoms with van der Waals surface area (Å²) in [6.45, 7) is 0. The number of aromatic nitrogens is 4. The summed E-state index contributed by atoms with van der Waals surface area (Å²) in [6, 6.07) is 15.2. The van der Waals surface area contributed by atoms with Gasteiger partial charge in [-0.25, -0.2) is 0 Å². The number of benzene rings is 2. The third-order valence-electron chi connectivity index (χ3n) is 3.78. The maximum absolute atomic E-state index is 12.6. The number of non-ortho nitro benzene ring substituents is 1. The molecule has 0 saturated carbocycles. The third-order valence-corrected chi connectivity index (χ3v) is 4.64. The number of rotatable bonds is 4. The Morgan fingerprint density at radius 3 is 2.44 bits per heavy atom. The van der Waals surface area contributed by atoms with E-state index in [0.29, 0.717) is 15.5 Å². The van der Waals surface area contributed by atoms with Crippen LogP contribution < -0.4 is 5.56 Å². The van der Waals surface area contributed by atoms with E-state index in [1.165, 1.54) is 28.0 Å². The molecule has 8 nitrogen and oxygen atoms in total. The van der Waals surface area contributed by atoms with Crippen LogP contribution in [0.2, 0.25) is 0 Å². The van der Waals surface area contributed by atoms with Crippen molar-refractivity contribution in [1.29, 1.82) is 0 Å². The van der Waals surface area contributed by atoms with Crippen molar-refractivity contribution in [3.05, 3.63) is 85.6 Å². The van der Waals surface area contributed by atoms with E-state index in [1.54, 1.807) is 36.4 Å². The van der Waals surface area contributed by atoms with Crippen molar-refractivity contribution in [3.8, 4) is 11.3 Å². The maximum atomic E-state index is 12.6. The molecule has 0 atom stereocenters. The van der Waals surface area contributed by atoms with Crippen LogP contribution in [0.1, 0.15) is 10.6 Å². The fourth-order valence-corrected chi connectivity index (χ4v) is 3.19. The lowest BCUT2D eigenvalue weighted by atomic mass is 10.2. The summed E-state index contributed by atoms with van der Waals surface area (Å²) in [7, 11) is 0. The van der Waals surface area contributed by atoms with Gasteiger partial charge in [0.1, 0.15) is 5.01 Å². The molecule has 2 heterocycles. The van der Waals surface area contributed by atoms with Gasteiger partial charge in [0.05, 0.1) is 4.92 Å². The van der Waals surface area contributed by atoms with E-state index in [4.69, 9.17) is 0 Å². The van der Waals surface area contributed by atoms with E-state index < -0.39 is 4.92 Å².